The molecule has 7 heteroatoms. The lowest BCUT2D eigenvalue weighted by Gasteiger charge is -2.30. The Morgan fingerprint density at radius 3 is 1.54 bits per heavy atom. The van der Waals surface area contributed by atoms with Gasteiger partial charge in [-0.3, -0.25) is 9.59 Å². The summed E-state index contributed by atoms with van der Waals surface area (Å²) in [5.41, 5.74) is -0.854. The molecule has 0 saturated carbocycles. The minimum absolute atomic E-state index is 0.204. The molecule has 0 aliphatic rings. The number of aliphatic hydroxyl groups is 1. The average Bonchev–Trinajstić information content (AvgIpc) is 2.92. The van der Waals surface area contributed by atoms with Gasteiger partial charge >= 0.3 is 17.9 Å². The minimum Gasteiger partial charge on any atom is -0.465 e. The first-order valence-corrected chi connectivity index (χ1v) is 14.1. The molecule has 1 N–H and O–H groups in total. The minimum atomic E-state index is -1.22. The number of aliphatic hydroxyl groups excluding tert-OH is 1. The number of benzene rings is 1. The van der Waals surface area contributed by atoms with Gasteiger partial charge in [-0.15, -0.1) is 0 Å². The van der Waals surface area contributed by atoms with Crippen LogP contribution in [0.2, 0.25) is 0 Å². The predicted molar refractivity (Wildman–Crippen MR) is 144 cm³/mol. The van der Waals surface area contributed by atoms with Crippen molar-refractivity contribution < 1.29 is 33.7 Å². The molecule has 0 fully saturated rings. The molecule has 1 aromatic rings. The van der Waals surface area contributed by atoms with E-state index in [0.717, 1.165) is 51.4 Å². The fourth-order valence-electron chi connectivity index (χ4n) is 3.85. The summed E-state index contributed by atoms with van der Waals surface area (Å²) in [6.07, 6.45) is 13.2. The molecule has 0 spiro atoms. The summed E-state index contributed by atoms with van der Waals surface area (Å²) in [6.45, 7) is 3.20. The quantitative estimate of drug-likeness (QED) is 0.107. The van der Waals surface area contributed by atoms with Crippen LogP contribution in [-0.2, 0) is 23.8 Å². The lowest BCUT2D eigenvalue weighted by Crippen LogP contribution is -2.42. The maximum Gasteiger partial charge on any atom is 0.338 e. The van der Waals surface area contributed by atoms with Crippen molar-refractivity contribution in [1.29, 1.82) is 0 Å². The van der Waals surface area contributed by atoms with Crippen molar-refractivity contribution in [1.82, 2.24) is 0 Å². The summed E-state index contributed by atoms with van der Waals surface area (Å²) in [4.78, 5) is 37.1. The van der Waals surface area contributed by atoms with Gasteiger partial charge in [0, 0.05) is 12.8 Å². The van der Waals surface area contributed by atoms with Crippen molar-refractivity contribution in [2.75, 3.05) is 26.4 Å². The third-order valence-corrected chi connectivity index (χ3v) is 6.40. The number of hydrogen-bond donors (Lipinski definition) is 1. The molecule has 1 aromatic carbocycles. The third kappa shape index (κ3) is 15.4. The summed E-state index contributed by atoms with van der Waals surface area (Å²) in [5.74, 6) is -1.31. The van der Waals surface area contributed by atoms with Gasteiger partial charge in [-0.25, -0.2) is 4.79 Å². The molecule has 37 heavy (non-hydrogen) atoms. The van der Waals surface area contributed by atoms with E-state index in [1.54, 1.807) is 30.3 Å². The summed E-state index contributed by atoms with van der Waals surface area (Å²) >= 11 is 0. The van der Waals surface area contributed by atoms with Crippen LogP contribution in [-0.4, -0.2) is 49.4 Å². The zero-order valence-electron chi connectivity index (χ0n) is 23.0. The molecule has 0 heterocycles. The van der Waals surface area contributed by atoms with Crippen LogP contribution in [0.15, 0.2) is 30.3 Å². The van der Waals surface area contributed by atoms with Crippen LogP contribution in [0.3, 0.4) is 0 Å². The Balaban J connectivity index is 2.62. The number of hydrogen-bond acceptors (Lipinski definition) is 7. The van der Waals surface area contributed by atoms with E-state index in [1.165, 1.54) is 25.7 Å². The fraction of sp³-hybridized carbons (Fsp3) is 0.700. The fourth-order valence-corrected chi connectivity index (χ4v) is 3.85. The maximum atomic E-state index is 12.5. The highest BCUT2D eigenvalue weighted by molar-refractivity contribution is 5.89. The maximum absolute atomic E-state index is 12.5. The molecular formula is C30H48O7. The predicted octanol–water partition coefficient (Wildman–Crippen LogP) is 6.41. The number of carbonyl (C=O) groups is 3. The van der Waals surface area contributed by atoms with E-state index < -0.39 is 18.0 Å². The van der Waals surface area contributed by atoms with Crippen molar-refractivity contribution in [3.8, 4) is 0 Å². The molecule has 0 saturated heterocycles. The van der Waals surface area contributed by atoms with Crippen molar-refractivity contribution in [3.05, 3.63) is 35.9 Å². The second-order valence-electron chi connectivity index (χ2n) is 9.96. The summed E-state index contributed by atoms with van der Waals surface area (Å²) in [7, 11) is 0. The highest BCUT2D eigenvalue weighted by Crippen LogP contribution is 2.21. The Morgan fingerprint density at radius 2 is 1.08 bits per heavy atom. The second kappa shape index (κ2) is 20.6. The van der Waals surface area contributed by atoms with Crippen molar-refractivity contribution >= 4 is 17.9 Å². The van der Waals surface area contributed by atoms with Crippen LogP contribution in [0.5, 0.6) is 0 Å². The van der Waals surface area contributed by atoms with E-state index in [2.05, 4.69) is 13.8 Å². The first-order chi connectivity index (χ1) is 18.0. The average molecular weight is 521 g/mol. The molecule has 0 unspecified atom stereocenters. The Labute approximate surface area is 223 Å². The van der Waals surface area contributed by atoms with Crippen LogP contribution >= 0.6 is 0 Å². The first-order valence-electron chi connectivity index (χ1n) is 14.1. The van der Waals surface area contributed by atoms with Gasteiger partial charge in [0.25, 0.3) is 0 Å². The Morgan fingerprint density at radius 1 is 0.649 bits per heavy atom. The molecule has 0 atom stereocenters. The van der Waals surface area contributed by atoms with Gasteiger partial charge in [0.05, 0.1) is 17.6 Å². The second-order valence-corrected chi connectivity index (χ2v) is 9.96. The summed E-state index contributed by atoms with van der Waals surface area (Å²) in [6, 6.07) is 8.50. The number of carbonyl (C=O) groups excluding carboxylic acids is 3. The lowest BCUT2D eigenvalue weighted by molar-refractivity contribution is -0.159. The van der Waals surface area contributed by atoms with Gasteiger partial charge in [0.15, 0.2) is 0 Å². The number of rotatable bonds is 22. The van der Waals surface area contributed by atoms with Gasteiger partial charge < -0.3 is 19.3 Å². The van der Waals surface area contributed by atoms with E-state index in [-0.39, 0.29) is 44.6 Å². The van der Waals surface area contributed by atoms with Crippen molar-refractivity contribution in [2.24, 2.45) is 5.41 Å². The number of esters is 3. The van der Waals surface area contributed by atoms with E-state index in [1.807, 2.05) is 0 Å². The molecule has 7 nitrogen and oxygen atoms in total. The SMILES string of the molecule is CCCCCCCCC(=O)OCC(CO)(COC(=O)CCCCCCCC)COC(=O)c1ccccc1. The standard InChI is InChI=1S/C30H48O7/c1-3-5-7-9-11-16-20-27(32)35-23-30(22-31,25-37-29(34)26-18-14-13-15-19-26)24-36-28(33)21-17-12-10-8-6-4-2/h13-15,18-19,31H,3-12,16-17,20-25H2,1-2H3. The molecule has 0 aliphatic heterocycles. The van der Waals surface area contributed by atoms with Crippen LogP contribution in [0.1, 0.15) is 114 Å². The molecule has 0 aromatic heterocycles. The Bertz CT molecular complexity index is 716. The van der Waals surface area contributed by atoms with Crippen LogP contribution in [0, 0.1) is 5.41 Å². The molecule has 0 bridgehead atoms. The third-order valence-electron chi connectivity index (χ3n) is 6.40. The zero-order chi connectivity index (χ0) is 27.2. The van der Waals surface area contributed by atoms with Crippen molar-refractivity contribution in [2.45, 2.75) is 104 Å². The highest BCUT2D eigenvalue weighted by atomic mass is 16.6. The van der Waals surface area contributed by atoms with Gasteiger partial charge in [0.2, 0.25) is 0 Å². The number of ether oxygens (including phenoxy) is 3. The van der Waals surface area contributed by atoms with Crippen molar-refractivity contribution in [3.63, 3.8) is 0 Å². The van der Waals surface area contributed by atoms with Crippen LogP contribution in [0.25, 0.3) is 0 Å². The zero-order valence-corrected chi connectivity index (χ0v) is 23.0. The molecule has 0 amide bonds. The van der Waals surface area contributed by atoms with Gasteiger partial charge in [-0.2, -0.15) is 0 Å². The van der Waals surface area contributed by atoms with Gasteiger partial charge in [-0.1, -0.05) is 96.3 Å². The Hall–Kier alpha value is -2.41. The topological polar surface area (TPSA) is 99.1 Å². The number of unbranched alkanes of at least 4 members (excludes halogenated alkanes) is 10. The van der Waals surface area contributed by atoms with E-state index in [9.17, 15) is 19.5 Å². The smallest absolute Gasteiger partial charge is 0.338 e. The molecule has 0 aliphatic carbocycles. The Kier molecular flexibility index (Phi) is 18.2. The highest BCUT2D eigenvalue weighted by Gasteiger charge is 2.35. The van der Waals surface area contributed by atoms with Gasteiger partial charge in [0.1, 0.15) is 19.8 Å². The molecule has 210 valence electrons. The monoisotopic (exact) mass is 520 g/mol. The summed E-state index contributed by atoms with van der Waals surface area (Å²) in [5, 5.41) is 10.2. The van der Waals surface area contributed by atoms with Crippen LogP contribution < -0.4 is 0 Å². The normalized spacial score (nSPS) is 11.2. The van der Waals surface area contributed by atoms with Crippen LogP contribution in [0.4, 0.5) is 0 Å². The van der Waals surface area contributed by atoms with Gasteiger partial charge in [-0.05, 0) is 25.0 Å². The van der Waals surface area contributed by atoms with E-state index in [4.69, 9.17) is 14.2 Å². The van der Waals surface area contributed by atoms with E-state index >= 15 is 0 Å². The summed E-state index contributed by atoms with van der Waals surface area (Å²) < 4.78 is 16.3. The first kappa shape index (κ1) is 32.6. The van der Waals surface area contributed by atoms with E-state index in [0.29, 0.717) is 5.56 Å². The lowest BCUT2D eigenvalue weighted by atomic mass is 9.92. The largest absolute Gasteiger partial charge is 0.465 e. The molecule has 1 rings (SSSR count). The molecule has 0 radical (unpaired) electrons. The molecular weight excluding hydrogens is 472 g/mol.